The van der Waals surface area contributed by atoms with Gasteiger partial charge in [0.1, 0.15) is 0 Å². The normalized spacial score (nSPS) is 18.2. The fourth-order valence-corrected chi connectivity index (χ4v) is 2.69. The molecule has 0 spiro atoms. The first-order valence-corrected chi connectivity index (χ1v) is 7.33. The van der Waals surface area contributed by atoms with Gasteiger partial charge in [-0.1, -0.05) is 0 Å². The largest absolute Gasteiger partial charge is 0.345 e. The molecule has 2 aromatic rings. The summed E-state index contributed by atoms with van der Waals surface area (Å²) in [5, 5.41) is 5.63. The van der Waals surface area contributed by atoms with Crippen LogP contribution in [0.5, 0.6) is 0 Å². The zero-order valence-corrected chi connectivity index (χ0v) is 12.6. The number of hydrogen-bond donors (Lipinski definition) is 3. The van der Waals surface area contributed by atoms with Gasteiger partial charge in [0.2, 0.25) is 5.91 Å². The average molecular weight is 301 g/mol. The summed E-state index contributed by atoms with van der Waals surface area (Å²) >= 11 is 0. The molecule has 0 saturated carbocycles. The van der Waals surface area contributed by atoms with Crippen LogP contribution in [0.3, 0.4) is 0 Å². The summed E-state index contributed by atoms with van der Waals surface area (Å²) < 4.78 is 0. The van der Waals surface area contributed by atoms with Gasteiger partial charge in [-0.15, -0.1) is 0 Å². The summed E-state index contributed by atoms with van der Waals surface area (Å²) in [5.74, 6) is 0.0826. The molecule has 0 bridgehead atoms. The summed E-state index contributed by atoms with van der Waals surface area (Å²) in [6.45, 7) is 4.50. The zero-order chi connectivity index (χ0) is 15.7. The number of rotatable bonds is 3. The van der Waals surface area contributed by atoms with Crippen LogP contribution in [0.2, 0.25) is 0 Å². The van der Waals surface area contributed by atoms with E-state index in [1.54, 1.807) is 17.3 Å². The van der Waals surface area contributed by atoms with Crippen LogP contribution in [-0.2, 0) is 4.79 Å². The molecule has 0 radical (unpaired) electrons. The second-order valence-corrected chi connectivity index (χ2v) is 5.77. The van der Waals surface area contributed by atoms with Crippen molar-refractivity contribution in [3.63, 3.8) is 0 Å². The van der Waals surface area contributed by atoms with Crippen LogP contribution in [0.4, 0.5) is 10.5 Å². The highest BCUT2D eigenvalue weighted by atomic mass is 16.2. The third kappa shape index (κ3) is 2.88. The lowest BCUT2D eigenvalue weighted by Gasteiger charge is -2.21. The van der Waals surface area contributed by atoms with Gasteiger partial charge in [0.15, 0.2) is 0 Å². The standard InChI is InChI=1S/C15H19N5O2/c1-9(2)20-7-11(6-14(20)21)19-15(22)18-10-3-4-12-13(5-10)17-8-16-12/h3-5,8-9,11H,6-7H2,1-2H3,(H,16,17)(H2,18,19,22). The molecule has 1 saturated heterocycles. The third-order valence-electron chi connectivity index (χ3n) is 3.80. The van der Waals surface area contributed by atoms with E-state index in [0.29, 0.717) is 18.7 Å². The molecule has 1 unspecified atom stereocenters. The number of urea groups is 1. The smallest absolute Gasteiger partial charge is 0.319 e. The van der Waals surface area contributed by atoms with Crippen molar-refractivity contribution in [3.8, 4) is 0 Å². The number of imidazole rings is 1. The number of nitrogens with zero attached hydrogens (tertiary/aromatic N) is 2. The Balaban J connectivity index is 1.59. The number of H-pyrrole nitrogens is 1. The number of nitrogens with one attached hydrogen (secondary N) is 3. The molecule has 116 valence electrons. The number of likely N-dealkylation sites (tertiary alicyclic amines) is 1. The van der Waals surface area contributed by atoms with Crippen LogP contribution in [-0.4, -0.2) is 45.4 Å². The van der Waals surface area contributed by atoms with Crippen molar-refractivity contribution in [1.82, 2.24) is 20.2 Å². The van der Waals surface area contributed by atoms with E-state index in [0.717, 1.165) is 11.0 Å². The molecule has 2 heterocycles. The Bertz CT molecular complexity index is 709. The van der Waals surface area contributed by atoms with Gasteiger partial charge in [-0.2, -0.15) is 0 Å². The van der Waals surface area contributed by atoms with E-state index in [1.807, 2.05) is 26.0 Å². The van der Waals surface area contributed by atoms with E-state index in [1.165, 1.54) is 0 Å². The number of benzene rings is 1. The molecule has 1 fully saturated rings. The predicted molar refractivity (Wildman–Crippen MR) is 83.5 cm³/mol. The summed E-state index contributed by atoms with van der Waals surface area (Å²) in [4.78, 5) is 32.8. The fraction of sp³-hybridized carbons (Fsp3) is 0.400. The van der Waals surface area contributed by atoms with Gasteiger partial charge in [-0.25, -0.2) is 9.78 Å². The lowest BCUT2D eigenvalue weighted by Crippen LogP contribution is -2.40. The minimum Gasteiger partial charge on any atom is -0.345 e. The average Bonchev–Trinajstić information content (AvgIpc) is 3.04. The number of fused-ring (bicyclic) bond motifs is 1. The van der Waals surface area contributed by atoms with Gasteiger partial charge in [0.25, 0.3) is 0 Å². The van der Waals surface area contributed by atoms with Gasteiger partial charge in [-0.3, -0.25) is 4.79 Å². The Morgan fingerprint density at radius 1 is 1.45 bits per heavy atom. The third-order valence-corrected chi connectivity index (χ3v) is 3.80. The highest BCUT2D eigenvalue weighted by molar-refractivity contribution is 5.92. The summed E-state index contributed by atoms with van der Waals surface area (Å²) in [7, 11) is 0. The maximum Gasteiger partial charge on any atom is 0.319 e. The van der Waals surface area contributed by atoms with Gasteiger partial charge in [0.05, 0.1) is 23.4 Å². The first-order valence-electron chi connectivity index (χ1n) is 7.33. The summed E-state index contributed by atoms with van der Waals surface area (Å²) in [6, 6.07) is 5.16. The molecule has 22 heavy (non-hydrogen) atoms. The number of carbonyl (C=O) groups excluding carboxylic acids is 2. The van der Waals surface area contributed by atoms with Crippen LogP contribution >= 0.6 is 0 Å². The molecule has 7 nitrogen and oxygen atoms in total. The van der Waals surface area contributed by atoms with Crippen LogP contribution in [0.15, 0.2) is 24.5 Å². The number of aromatic nitrogens is 2. The van der Waals surface area contributed by atoms with E-state index < -0.39 is 0 Å². The minimum atomic E-state index is -0.303. The Morgan fingerprint density at radius 2 is 2.27 bits per heavy atom. The van der Waals surface area contributed by atoms with Crippen molar-refractivity contribution in [2.45, 2.75) is 32.4 Å². The fourth-order valence-electron chi connectivity index (χ4n) is 2.69. The first kappa shape index (κ1) is 14.4. The SMILES string of the molecule is CC(C)N1CC(NC(=O)Nc2ccc3nc[nH]c3c2)CC1=O. The molecule has 1 atom stereocenters. The van der Waals surface area contributed by atoms with Crippen molar-refractivity contribution in [1.29, 1.82) is 0 Å². The maximum absolute atomic E-state index is 12.0. The lowest BCUT2D eigenvalue weighted by atomic mass is 10.2. The minimum absolute atomic E-state index is 0.0826. The molecular formula is C15H19N5O2. The van der Waals surface area contributed by atoms with Crippen molar-refractivity contribution in [2.24, 2.45) is 0 Å². The molecule has 3 amide bonds. The first-order chi connectivity index (χ1) is 10.5. The molecule has 3 N–H and O–H groups in total. The Labute approximate surface area is 128 Å². The second-order valence-electron chi connectivity index (χ2n) is 5.77. The van der Waals surface area contributed by atoms with Crippen LogP contribution < -0.4 is 10.6 Å². The Hall–Kier alpha value is -2.57. The topological polar surface area (TPSA) is 90.1 Å². The number of carbonyl (C=O) groups is 2. The highest BCUT2D eigenvalue weighted by Crippen LogP contribution is 2.17. The summed E-state index contributed by atoms with van der Waals surface area (Å²) in [5.41, 5.74) is 2.39. The molecule has 0 aliphatic carbocycles. The van der Waals surface area contributed by atoms with Gasteiger partial charge in [0, 0.05) is 24.7 Å². The lowest BCUT2D eigenvalue weighted by molar-refractivity contribution is -0.129. The number of amides is 3. The van der Waals surface area contributed by atoms with E-state index in [2.05, 4.69) is 20.6 Å². The van der Waals surface area contributed by atoms with Crippen molar-refractivity contribution in [2.75, 3.05) is 11.9 Å². The van der Waals surface area contributed by atoms with E-state index >= 15 is 0 Å². The van der Waals surface area contributed by atoms with E-state index in [-0.39, 0.29) is 24.0 Å². The molecule has 1 aliphatic heterocycles. The maximum atomic E-state index is 12.0. The van der Waals surface area contributed by atoms with E-state index in [4.69, 9.17) is 0 Å². The molecule has 1 aliphatic rings. The molecule has 7 heteroatoms. The quantitative estimate of drug-likeness (QED) is 0.806. The van der Waals surface area contributed by atoms with Crippen LogP contribution in [0.1, 0.15) is 20.3 Å². The highest BCUT2D eigenvalue weighted by Gasteiger charge is 2.31. The molecule has 1 aromatic carbocycles. The van der Waals surface area contributed by atoms with Gasteiger partial charge >= 0.3 is 6.03 Å². The number of hydrogen-bond acceptors (Lipinski definition) is 3. The van der Waals surface area contributed by atoms with Crippen molar-refractivity contribution >= 4 is 28.7 Å². The van der Waals surface area contributed by atoms with Crippen molar-refractivity contribution in [3.05, 3.63) is 24.5 Å². The molecule has 3 rings (SSSR count). The zero-order valence-electron chi connectivity index (χ0n) is 12.6. The molecule has 1 aromatic heterocycles. The number of anilines is 1. The predicted octanol–water partition coefficient (Wildman–Crippen LogP) is 1.69. The molecular weight excluding hydrogens is 282 g/mol. The van der Waals surface area contributed by atoms with Crippen LogP contribution in [0, 0.1) is 0 Å². The Morgan fingerprint density at radius 3 is 3.00 bits per heavy atom. The Kier molecular flexibility index (Phi) is 3.70. The van der Waals surface area contributed by atoms with E-state index in [9.17, 15) is 9.59 Å². The van der Waals surface area contributed by atoms with Gasteiger partial charge < -0.3 is 20.5 Å². The van der Waals surface area contributed by atoms with Crippen molar-refractivity contribution < 1.29 is 9.59 Å². The summed E-state index contributed by atoms with van der Waals surface area (Å²) in [6.07, 6.45) is 1.96. The second kappa shape index (κ2) is 5.67. The monoisotopic (exact) mass is 301 g/mol. The number of aromatic amines is 1. The van der Waals surface area contributed by atoms with Crippen LogP contribution in [0.25, 0.3) is 11.0 Å². The van der Waals surface area contributed by atoms with Gasteiger partial charge in [-0.05, 0) is 32.0 Å².